The van der Waals surface area contributed by atoms with Crippen molar-refractivity contribution >= 4 is 21.6 Å². The minimum absolute atomic E-state index is 0.248. The summed E-state index contributed by atoms with van der Waals surface area (Å²) in [7, 11) is -3.74. The number of hydrogen-bond acceptors (Lipinski definition) is 3. The lowest BCUT2D eigenvalue weighted by Crippen LogP contribution is -2.48. The number of hydrogen-bond donors (Lipinski definition) is 1. The number of rotatable bonds is 6. The maximum absolute atomic E-state index is 13.2. The fraction of sp³-hybridized carbons (Fsp3) is 0.409. The zero-order valence-electron chi connectivity index (χ0n) is 17.0. The van der Waals surface area contributed by atoms with Gasteiger partial charge in [0.2, 0.25) is 15.9 Å². The van der Waals surface area contributed by atoms with Crippen molar-refractivity contribution in [2.45, 2.75) is 51.6 Å². The van der Waals surface area contributed by atoms with Crippen LogP contribution < -0.4 is 9.62 Å². The molecule has 1 aliphatic carbocycles. The van der Waals surface area contributed by atoms with Crippen molar-refractivity contribution in [3.05, 3.63) is 65.0 Å². The van der Waals surface area contributed by atoms with Gasteiger partial charge in [-0.1, -0.05) is 18.2 Å². The summed E-state index contributed by atoms with van der Waals surface area (Å²) in [6.07, 6.45) is 5.56. The number of halogens is 1. The van der Waals surface area contributed by atoms with Gasteiger partial charge in [0.25, 0.3) is 0 Å². The Morgan fingerprint density at radius 1 is 1.03 bits per heavy atom. The number of nitrogens with zero attached hydrogens (tertiary/aromatic N) is 1. The molecular formula is C22H27FN2O3S. The van der Waals surface area contributed by atoms with Gasteiger partial charge in [-0.2, -0.15) is 0 Å². The molecule has 0 aromatic heterocycles. The quantitative estimate of drug-likeness (QED) is 0.777. The largest absolute Gasteiger partial charge is 0.348 e. The van der Waals surface area contributed by atoms with Crippen molar-refractivity contribution in [1.82, 2.24) is 5.32 Å². The number of aryl methyl sites for hydroxylation is 2. The highest BCUT2D eigenvalue weighted by Gasteiger charge is 2.30. The van der Waals surface area contributed by atoms with E-state index >= 15 is 0 Å². The Morgan fingerprint density at radius 3 is 2.28 bits per heavy atom. The summed E-state index contributed by atoms with van der Waals surface area (Å²) in [5, 5.41) is 2.92. The predicted octanol–water partition coefficient (Wildman–Crippen LogP) is 3.74. The third kappa shape index (κ3) is 4.96. The van der Waals surface area contributed by atoms with E-state index in [9.17, 15) is 17.6 Å². The van der Waals surface area contributed by atoms with Crippen LogP contribution in [0.5, 0.6) is 0 Å². The van der Waals surface area contributed by atoms with Crippen molar-refractivity contribution in [2.24, 2.45) is 0 Å². The zero-order valence-corrected chi connectivity index (χ0v) is 17.8. The molecule has 2 aromatic rings. The molecule has 0 saturated heterocycles. The van der Waals surface area contributed by atoms with Crippen LogP contribution in [0.15, 0.2) is 42.5 Å². The van der Waals surface area contributed by atoms with E-state index in [-0.39, 0.29) is 11.7 Å². The molecule has 0 bridgehead atoms. The molecule has 1 amide bonds. The molecule has 0 radical (unpaired) electrons. The average molecular weight is 419 g/mol. The molecule has 7 heteroatoms. The van der Waals surface area contributed by atoms with Crippen molar-refractivity contribution in [3.63, 3.8) is 0 Å². The molecule has 5 nitrogen and oxygen atoms in total. The molecule has 2 aromatic carbocycles. The molecular weight excluding hydrogens is 391 g/mol. The van der Waals surface area contributed by atoms with Gasteiger partial charge < -0.3 is 5.32 Å². The minimum atomic E-state index is -3.74. The van der Waals surface area contributed by atoms with E-state index in [0.29, 0.717) is 0 Å². The predicted molar refractivity (Wildman–Crippen MR) is 113 cm³/mol. The van der Waals surface area contributed by atoms with Crippen LogP contribution in [0.4, 0.5) is 10.1 Å². The molecule has 1 N–H and O–H groups in total. The van der Waals surface area contributed by atoms with Gasteiger partial charge in [0.1, 0.15) is 11.9 Å². The number of benzene rings is 2. The molecule has 0 spiro atoms. The molecule has 29 heavy (non-hydrogen) atoms. The number of fused-ring (bicyclic) bond motifs is 1. The number of anilines is 1. The molecule has 3 rings (SSSR count). The Kier molecular flexibility index (Phi) is 6.27. The van der Waals surface area contributed by atoms with Crippen molar-refractivity contribution < 1.29 is 17.6 Å². The number of carbonyl (C=O) groups excluding carboxylic acids is 1. The Labute approximate surface area is 172 Å². The van der Waals surface area contributed by atoms with E-state index in [1.54, 1.807) is 0 Å². The highest BCUT2D eigenvalue weighted by Crippen LogP contribution is 2.26. The van der Waals surface area contributed by atoms with Gasteiger partial charge in [0.15, 0.2) is 0 Å². The summed E-state index contributed by atoms with van der Waals surface area (Å²) in [4.78, 5) is 12.9. The van der Waals surface area contributed by atoms with Gasteiger partial charge in [0.05, 0.1) is 18.0 Å². The number of amides is 1. The monoisotopic (exact) mass is 418 g/mol. The van der Waals surface area contributed by atoms with Gasteiger partial charge in [-0.25, -0.2) is 12.8 Å². The fourth-order valence-electron chi connectivity index (χ4n) is 3.84. The Morgan fingerprint density at radius 2 is 1.66 bits per heavy atom. The second kappa shape index (κ2) is 8.53. The van der Waals surface area contributed by atoms with Crippen LogP contribution in [0.2, 0.25) is 0 Å². The smallest absolute Gasteiger partial charge is 0.244 e. The normalized spacial score (nSPS) is 15.9. The topological polar surface area (TPSA) is 66.5 Å². The Balaban J connectivity index is 1.78. The molecule has 156 valence electrons. The lowest BCUT2D eigenvalue weighted by atomic mass is 9.89. The Bertz CT molecular complexity index is 990. The van der Waals surface area contributed by atoms with Gasteiger partial charge in [-0.15, -0.1) is 0 Å². The Hall–Kier alpha value is -2.41. The lowest BCUT2D eigenvalue weighted by Gasteiger charge is -2.29. The third-order valence-electron chi connectivity index (χ3n) is 5.40. The van der Waals surface area contributed by atoms with Crippen LogP contribution in [0, 0.1) is 5.82 Å². The van der Waals surface area contributed by atoms with E-state index in [4.69, 9.17) is 0 Å². The van der Waals surface area contributed by atoms with E-state index in [2.05, 4.69) is 17.4 Å². The highest BCUT2D eigenvalue weighted by molar-refractivity contribution is 7.92. The first-order valence-electron chi connectivity index (χ1n) is 9.84. The zero-order chi connectivity index (χ0) is 21.2. The number of nitrogens with one attached hydrogen (secondary N) is 1. The first-order valence-corrected chi connectivity index (χ1v) is 11.7. The number of carbonyl (C=O) groups is 1. The molecule has 1 aliphatic rings. The summed E-state index contributed by atoms with van der Waals surface area (Å²) >= 11 is 0. The molecule has 0 aliphatic heterocycles. The average Bonchev–Trinajstić information content (AvgIpc) is 2.68. The van der Waals surface area contributed by atoms with Crippen LogP contribution in [0.3, 0.4) is 0 Å². The summed E-state index contributed by atoms with van der Waals surface area (Å²) in [6.45, 7) is 3.41. The maximum Gasteiger partial charge on any atom is 0.244 e. The second-order valence-corrected chi connectivity index (χ2v) is 9.54. The first kappa shape index (κ1) is 21.3. The van der Waals surface area contributed by atoms with E-state index in [1.165, 1.54) is 55.2 Å². The first-order chi connectivity index (χ1) is 13.7. The van der Waals surface area contributed by atoms with Crippen LogP contribution >= 0.6 is 0 Å². The van der Waals surface area contributed by atoms with Crippen molar-refractivity contribution in [2.75, 3.05) is 10.6 Å². The van der Waals surface area contributed by atoms with Gasteiger partial charge in [-0.3, -0.25) is 9.10 Å². The standard InChI is InChI=1S/C22H27FN2O3S/c1-15(18-9-8-17-6-4-5-7-19(17)14-18)24-22(26)16(2)25(29(3,27)28)21-12-10-20(23)11-13-21/h8-16H,4-7H2,1-3H3,(H,24,26). The summed E-state index contributed by atoms with van der Waals surface area (Å²) in [6, 6.07) is 10.1. The molecule has 2 unspecified atom stereocenters. The summed E-state index contributed by atoms with van der Waals surface area (Å²) in [5.74, 6) is -0.884. The lowest BCUT2D eigenvalue weighted by molar-refractivity contribution is -0.122. The molecule has 0 fully saturated rings. The van der Waals surface area contributed by atoms with Gasteiger partial charge in [0, 0.05) is 0 Å². The minimum Gasteiger partial charge on any atom is -0.348 e. The molecule has 2 atom stereocenters. The molecule has 0 heterocycles. The van der Waals surface area contributed by atoms with Gasteiger partial charge >= 0.3 is 0 Å². The summed E-state index contributed by atoms with van der Waals surface area (Å²) < 4.78 is 38.9. The van der Waals surface area contributed by atoms with Crippen molar-refractivity contribution in [3.8, 4) is 0 Å². The maximum atomic E-state index is 13.2. The fourth-order valence-corrected chi connectivity index (χ4v) is 5.01. The van der Waals surface area contributed by atoms with Crippen LogP contribution in [-0.2, 0) is 27.7 Å². The van der Waals surface area contributed by atoms with E-state index < -0.39 is 27.8 Å². The van der Waals surface area contributed by atoms with Gasteiger partial charge in [-0.05, 0) is 80.5 Å². The number of sulfonamides is 1. The highest BCUT2D eigenvalue weighted by atomic mass is 32.2. The van der Waals surface area contributed by atoms with Crippen LogP contribution in [0.1, 0.15) is 49.4 Å². The van der Waals surface area contributed by atoms with Crippen molar-refractivity contribution in [1.29, 1.82) is 0 Å². The van der Waals surface area contributed by atoms with Crippen LogP contribution in [0.25, 0.3) is 0 Å². The SMILES string of the molecule is CC(NC(=O)C(C)N(c1ccc(F)cc1)S(C)(=O)=O)c1ccc2c(c1)CCCC2. The van der Waals surface area contributed by atoms with E-state index in [1.807, 2.05) is 13.0 Å². The van der Waals surface area contributed by atoms with E-state index in [0.717, 1.165) is 29.0 Å². The van der Waals surface area contributed by atoms with Crippen LogP contribution in [-0.4, -0.2) is 26.6 Å². The summed E-state index contributed by atoms with van der Waals surface area (Å²) in [5.41, 5.74) is 3.94. The molecule has 0 saturated carbocycles. The second-order valence-electron chi connectivity index (χ2n) is 7.68. The third-order valence-corrected chi connectivity index (χ3v) is 6.64.